The molecule has 1 aliphatic rings. The molecule has 0 radical (unpaired) electrons. The van der Waals surface area contributed by atoms with Crippen LogP contribution in [-0.2, 0) is 14.3 Å². The Morgan fingerprint density at radius 1 is 1.43 bits per heavy atom. The zero-order chi connectivity index (χ0) is 16.0. The van der Waals surface area contributed by atoms with Crippen LogP contribution in [0.5, 0.6) is 0 Å². The minimum atomic E-state index is -0.996. The number of amides is 3. The van der Waals surface area contributed by atoms with Crippen LogP contribution in [0.2, 0.25) is 0 Å². The van der Waals surface area contributed by atoms with Crippen LogP contribution >= 0.6 is 0 Å². The molecule has 3 amide bonds. The smallest absolute Gasteiger partial charge is 0.324 e. The molecule has 0 bridgehead atoms. The van der Waals surface area contributed by atoms with E-state index < -0.39 is 29.4 Å². The van der Waals surface area contributed by atoms with Gasteiger partial charge in [-0.25, -0.2) is 4.79 Å². The molecule has 1 aliphatic heterocycles. The fourth-order valence-electron chi connectivity index (χ4n) is 2.06. The van der Waals surface area contributed by atoms with Gasteiger partial charge in [0, 0.05) is 13.0 Å². The molecule has 0 saturated carbocycles. The van der Waals surface area contributed by atoms with E-state index in [0.29, 0.717) is 6.54 Å². The number of nitrogens with zero attached hydrogens (tertiary/aromatic N) is 2. The minimum Gasteiger partial charge on any atom is -0.481 e. The number of urea groups is 1. The van der Waals surface area contributed by atoms with E-state index in [1.807, 2.05) is 6.07 Å². The van der Waals surface area contributed by atoms with Crippen molar-refractivity contribution in [3.05, 3.63) is 0 Å². The van der Waals surface area contributed by atoms with Crippen molar-refractivity contribution in [3.8, 4) is 6.07 Å². The average Bonchev–Trinajstić information content (AvgIpc) is 2.36. The van der Waals surface area contributed by atoms with Crippen molar-refractivity contribution in [2.24, 2.45) is 5.41 Å². The number of hydrogen-bond donors (Lipinski definition) is 2. The standard InChI is InChI=1S/C13H19N3O5/c1-13(2,6-11(18)19)5-10(17)15-12(20)16-3-4-21-9(7-14)8-16/h9H,3-6,8H2,1-2H3,(H,18,19)(H,15,17,20). The molecular formula is C13H19N3O5. The first-order valence-electron chi connectivity index (χ1n) is 6.55. The number of nitrogens with one attached hydrogen (secondary N) is 1. The van der Waals surface area contributed by atoms with Gasteiger partial charge in [-0.3, -0.25) is 14.9 Å². The lowest BCUT2D eigenvalue weighted by Crippen LogP contribution is -2.51. The fourth-order valence-corrected chi connectivity index (χ4v) is 2.06. The summed E-state index contributed by atoms with van der Waals surface area (Å²) in [4.78, 5) is 35.7. The Morgan fingerprint density at radius 2 is 2.10 bits per heavy atom. The van der Waals surface area contributed by atoms with Crippen LogP contribution in [0.15, 0.2) is 0 Å². The van der Waals surface area contributed by atoms with Crippen LogP contribution in [0.25, 0.3) is 0 Å². The maximum absolute atomic E-state index is 11.9. The van der Waals surface area contributed by atoms with Crippen molar-refractivity contribution >= 4 is 17.9 Å². The predicted molar refractivity (Wildman–Crippen MR) is 71.1 cm³/mol. The summed E-state index contributed by atoms with van der Waals surface area (Å²) in [5, 5.41) is 19.7. The van der Waals surface area contributed by atoms with Crippen LogP contribution in [0.1, 0.15) is 26.7 Å². The third-order valence-corrected chi connectivity index (χ3v) is 3.01. The SMILES string of the molecule is CC(C)(CC(=O)O)CC(=O)NC(=O)N1CCOC(C#N)C1. The van der Waals surface area contributed by atoms with Crippen LogP contribution in [0.3, 0.4) is 0 Å². The average molecular weight is 297 g/mol. The van der Waals surface area contributed by atoms with E-state index in [4.69, 9.17) is 15.1 Å². The normalized spacial score (nSPS) is 18.7. The topological polar surface area (TPSA) is 120 Å². The van der Waals surface area contributed by atoms with Crippen molar-refractivity contribution < 1.29 is 24.2 Å². The molecule has 0 aromatic carbocycles. The summed E-state index contributed by atoms with van der Waals surface area (Å²) < 4.78 is 5.10. The molecule has 0 aliphatic carbocycles. The summed E-state index contributed by atoms with van der Waals surface area (Å²) in [6, 6.07) is 1.32. The number of carbonyl (C=O) groups is 3. The Kier molecular flexibility index (Phi) is 5.67. The highest BCUT2D eigenvalue weighted by Crippen LogP contribution is 2.24. The maximum atomic E-state index is 11.9. The van der Waals surface area contributed by atoms with Gasteiger partial charge in [0.1, 0.15) is 0 Å². The molecule has 1 heterocycles. The Balaban J connectivity index is 2.49. The van der Waals surface area contributed by atoms with E-state index >= 15 is 0 Å². The van der Waals surface area contributed by atoms with E-state index in [2.05, 4.69) is 5.32 Å². The summed E-state index contributed by atoms with van der Waals surface area (Å²) in [7, 11) is 0. The van der Waals surface area contributed by atoms with E-state index in [-0.39, 0.29) is 26.0 Å². The van der Waals surface area contributed by atoms with Crippen molar-refractivity contribution in [2.45, 2.75) is 32.8 Å². The third kappa shape index (κ3) is 5.79. The molecule has 116 valence electrons. The molecule has 1 rings (SSSR count). The van der Waals surface area contributed by atoms with Crippen molar-refractivity contribution in [3.63, 3.8) is 0 Å². The number of aliphatic carboxylic acids is 1. The first-order chi connectivity index (χ1) is 9.73. The fraction of sp³-hybridized carbons (Fsp3) is 0.692. The van der Waals surface area contributed by atoms with Gasteiger partial charge in [0.25, 0.3) is 0 Å². The second-order valence-corrected chi connectivity index (χ2v) is 5.70. The van der Waals surface area contributed by atoms with Crippen molar-refractivity contribution in [2.75, 3.05) is 19.7 Å². The van der Waals surface area contributed by atoms with Crippen LogP contribution in [-0.4, -0.2) is 53.7 Å². The van der Waals surface area contributed by atoms with Crippen molar-refractivity contribution in [1.29, 1.82) is 5.26 Å². The maximum Gasteiger partial charge on any atom is 0.324 e. The van der Waals surface area contributed by atoms with E-state index in [0.717, 1.165) is 0 Å². The lowest BCUT2D eigenvalue weighted by atomic mass is 9.85. The molecule has 0 aromatic rings. The molecule has 1 saturated heterocycles. The van der Waals surface area contributed by atoms with Gasteiger partial charge >= 0.3 is 12.0 Å². The van der Waals surface area contributed by atoms with Crippen molar-refractivity contribution in [1.82, 2.24) is 10.2 Å². The lowest BCUT2D eigenvalue weighted by Gasteiger charge is -2.30. The molecule has 1 fully saturated rings. The van der Waals surface area contributed by atoms with E-state index in [9.17, 15) is 14.4 Å². The second kappa shape index (κ2) is 7.04. The molecule has 21 heavy (non-hydrogen) atoms. The number of carboxylic acid groups (broad SMARTS) is 1. The van der Waals surface area contributed by atoms with Crippen LogP contribution < -0.4 is 5.32 Å². The van der Waals surface area contributed by atoms with Gasteiger partial charge < -0.3 is 14.7 Å². The zero-order valence-electron chi connectivity index (χ0n) is 12.1. The van der Waals surface area contributed by atoms with Gasteiger partial charge in [0.2, 0.25) is 5.91 Å². The van der Waals surface area contributed by atoms with Gasteiger partial charge in [-0.05, 0) is 5.41 Å². The number of carboxylic acids is 1. The molecule has 1 unspecified atom stereocenters. The van der Waals surface area contributed by atoms with Gasteiger partial charge in [-0.1, -0.05) is 13.8 Å². The van der Waals surface area contributed by atoms with E-state index in [1.165, 1.54) is 4.90 Å². The van der Waals surface area contributed by atoms with Gasteiger partial charge in [-0.15, -0.1) is 0 Å². The number of rotatable bonds is 4. The molecule has 1 atom stereocenters. The predicted octanol–water partition coefficient (Wildman–Crippen LogP) is 0.338. The van der Waals surface area contributed by atoms with E-state index in [1.54, 1.807) is 13.8 Å². The Bertz CT molecular complexity index is 469. The Morgan fingerprint density at radius 3 is 2.67 bits per heavy atom. The number of nitriles is 1. The first-order valence-corrected chi connectivity index (χ1v) is 6.55. The number of imide groups is 1. The number of morpholine rings is 1. The largest absolute Gasteiger partial charge is 0.481 e. The van der Waals surface area contributed by atoms with Gasteiger partial charge in [-0.2, -0.15) is 5.26 Å². The highest BCUT2D eigenvalue weighted by atomic mass is 16.5. The van der Waals surface area contributed by atoms with Crippen LogP contribution in [0.4, 0.5) is 4.79 Å². The summed E-state index contributed by atoms with van der Waals surface area (Å²) >= 11 is 0. The summed E-state index contributed by atoms with van der Waals surface area (Å²) in [5.41, 5.74) is -0.740. The quantitative estimate of drug-likeness (QED) is 0.772. The zero-order valence-corrected chi connectivity index (χ0v) is 12.1. The number of carbonyl (C=O) groups excluding carboxylic acids is 2. The molecule has 8 heteroatoms. The molecule has 8 nitrogen and oxygen atoms in total. The number of ether oxygens (including phenoxy) is 1. The Labute approximate surface area is 122 Å². The van der Waals surface area contributed by atoms with Gasteiger partial charge in [0.05, 0.1) is 25.6 Å². The molecular weight excluding hydrogens is 278 g/mol. The Hall–Kier alpha value is -2.14. The van der Waals surface area contributed by atoms with Crippen LogP contribution in [0, 0.1) is 16.7 Å². The first kappa shape index (κ1) is 16.9. The molecule has 0 aromatic heterocycles. The molecule has 2 N–H and O–H groups in total. The highest BCUT2D eigenvalue weighted by Gasteiger charge is 2.28. The summed E-state index contributed by atoms with van der Waals surface area (Å²) in [5.74, 6) is -1.53. The van der Waals surface area contributed by atoms with Gasteiger partial charge in [0.15, 0.2) is 6.10 Å². The lowest BCUT2D eigenvalue weighted by molar-refractivity contribution is -0.139. The number of hydrogen-bond acceptors (Lipinski definition) is 5. The molecule has 0 spiro atoms. The highest BCUT2D eigenvalue weighted by molar-refractivity contribution is 5.94. The summed E-state index contributed by atoms with van der Waals surface area (Å²) in [6.45, 7) is 3.94. The third-order valence-electron chi connectivity index (χ3n) is 3.01. The second-order valence-electron chi connectivity index (χ2n) is 5.70. The minimum absolute atomic E-state index is 0.0724. The summed E-state index contributed by atoms with van der Waals surface area (Å²) in [6.07, 6.45) is -0.928. The monoisotopic (exact) mass is 297 g/mol.